The van der Waals surface area contributed by atoms with Gasteiger partial charge in [0, 0.05) is 48.5 Å². The third-order valence-corrected chi connectivity index (χ3v) is 10.5. The molecule has 13 heteroatoms. The summed E-state index contributed by atoms with van der Waals surface area (Å²) in [5.74, 6) is 0.871. The van der Waals surface area contributed by atoms with Crippen molar-refractivity contribution in [1.29, 1.82) is 0 Å². The first-order valence-electron chi connectivity index (χ1n) is 14.7. The van der Waals surface area contributed by atoms with Crippen LogP contribution in [0.1, 0.15) is 42.2 Å². The second-order valence-electron chi connectivity index (χ2n) is 11.5. The van der Waals surface area contributed by atoms with Gasteiger partial charge in [0.25, 0.3) is 5.88 Å². The molecule has 1 unspecified atom stereocenters. The fraction of sp³-hybridized carbons (Fsp3) is 0.344. The lowest BCUT2D eigenvalue weighted by Gasteiger charge is -2.32. The highest BCUT2D eigenvalue weighted by Gasteiger charge is 2.34. The zero-order valence-electron chi connectivity index (χ0n) is 25.5. The summed E-state index contributed by atoms with van der Waals surface area (Å²) in [6.45, 7) is 1.91. The van der Waals surface area contributed by atoms with E-state index in [0.717, 1.165) is 22.3 Å². The van der Waals surface area contributed by atoms with E-state index >= 15 is 0 Å². The molecule has 45 heavy (non-hydrogen) atoms. The highest BCUT2D eigenvalue weighted by atomic mass is 32.2. The zero-order valence-corrected chi connectivity index (χ0v) is 26.3. The number of aromatic nitrogens is 4. The fourth-order valence-electron chi connectivity index (χ4n) is 6.17. The topological polar surface area (TPSA) is 160 Å². The average Bonchev–Trinajstić information content (AvgIpc) is 3.60. The van der Waals surface area contributed by atoms with Gasteiger partial charge in [-0.05, 0) is 62.4 Å². The SMILES string of the molecule is COc1cc2c(nc1OC)c(-c1cc3c(C(NC4CCC(NC(=O)O)CC4)S(=O)(=O)c4ccc(C)cc4)ccnc3[nH]1)cn2C. The Morgan fingerprint density at radius 2 is 1.78 bits per heavy atom. The van der Waals surface area contributed by atoms with Crippen LogP contribution in [-0.4, -0.2) is 65.4 Å². The van der Waals surface area contributed by atoms with Crippen LogP contribution in [0.2, 0.25) is 0 Å². The number of hydrogen-bond acceptors (Lipinski definition) is 8. The largest absolute Gasteiger partial charge is 0.491 e. The number of amides is 1. The zero-order chi connectivity index (χ0) is 31.9. The van der Waals surface area contributed by atoms with Crippen LogP contribution < -0.4 is 20.1 Å². The van der Waals surface area contributed by atoms with Crippen LogP contribution in [0, 0.1) is 6.92 Å². The molecule has 6 rings (SSSR count). The number of hydrogen-bond donors (Lipinski definition) is 4. The number of nitrogens with one attached hydrogen (secondary N) is 3. The minimum Gasteiger partial charge on any atom is -0.491 e. The Bertz CT molecular complexity index is 1980. The number of carbonyl (C=O) groups is 1. The van der Waals surface area contributed by atoms with Gasteiger partial charge < -0.3 is 29.4 Å². The van der Waals surface area contributed by atoms with E-state index in [2.05, 4.69) is 20.6 Å². The molecule has 4 N–H and O–H groups in total. The Kier molecular flexibility index (Phi) is 8.14. The smallest absolute Gasteiger partial charge is 0.404 e. The monoisotopic (exact) mass is 632 g/mol. The predicted octanol–water partition coefficient (Wildman–Crippen LogP) is 5.08. The first-order valence-corrected chi connectivity index (χ1v) is 16.3. The minimum atomic E-state index is -3.91. The van der Waals surface area contributed by atoms with Gasteiger partial charge in [0.15, 0.2) is 15.6 Å². The molecule has 0 bridgehead atoms. The van der Waals surface area contributed by atoms with E-state index in [1.54, 1.807) is 43.6 Å². The van der Waals surface area contributed by atoms with Gasteiger partial charge in [-0.3, -0.25) is 5.32 Å². The van der Waals surface area contributed by atoms with Gasteiger partial charge in [0.1, 0.15) is 16.5 Å². The van der Waals surface area contributed by atoms with Crippen LogP contribution in [0.5, 0.6) is 11.6 Å². The van der Waals surface area contributed by atoms with E-state index in [4.69, 9.17) is 19.6 Å². The van der Waals surface area contributed by atoms with Crippen LogP contribution in [0.4, 0.5) is 4.79 Å². The van der Waals surface area contributed by atoms with Crippen molar-refractivity contribution in [2.24, 2.45) is 7.05 Å². The van der Waals surface area contributed by atoms with Gasteiger partial charge in [-0.1, -0.05) is 17.7 Å². The van der Waals surface area contributed by atoms with Crippen LogP contribution in [0.15, 0.2) is 59.8 Å². The second-order valence-corrected chi connectivity index (χ2v) is 13.5. The number of rotatable bonds is 9. The van der Waals surface area contributed by atoms with Gasteiger partial charge in [-0.15, -0.1) is 0 Å². The first kappa shape index (κ1) is 30.4. The molecule has 236 valence electrons. The van der Waals surface area contributed by atoms with Crippen LogP contribution in [0.3, 0.4) is 0 Å². The quantitative estimate of drug-likeness (QED) is 0.174. The number of methoxy groups -OCH3 is 2. The van der Waals surface area contributed by atoms with Gasteiger partial charge in [-0.2, -0.15) is 0 Å². The Labute approximate surface area is 260 Å². The van der Waals surface area contributed by atoms with Crippen molar-refractivity contribution in [2.75, 3.05) is 14.2 Å². The molecule has 5 aromatic rings. The van der Waals surface area contributed by atoms with E-state index in [-0.39, 0.29) is 17.0 Å². The van der Waals surface area contributed by atoms with Crippen molar-refractivity contribution in [3.05, 3.63) is 66.0 Å². The van der Waals surface area contributed by atoms with Crippen molar-refractivity contribution in [1.82, 2.24) is 30.2 Å². The highest BCUT2D eigenvalue weighted by molar-refractivity contribution is 7.91. The normalized spacial score (nSPS) is 17.8. The summed E-state index contributed by atoms with van der Waals surface area (Å²) < 4.78 is 41.5. The molecule has 1 amide bonds. The Morgan fingerprint density at radius 3 is 2.44 bits per heavy atom. The maximum absolute atomic E-state index is 14.3. The highest BCUT2D eigenvalue weighted by Crippen LogP contribution is 2.38. The summed E-state index contributed by atoms with van der Waals surface area (Å²) in [6.07, 6.45) is 5.00. The molecule has 1 aliphatic carbocycles. The van der Waals surface area contributed by atoms with Crippen molar-refractivity contribution >= 4 is 38.0 Å². The number of fused-ring (bicyclic) bond motifs is 2. The number of ether oxygens (including phenoxy) is 2. The average molecular weight is 633 g/mol. The van der Waals surface area contributed by atoms with Crippen molar-refractivity contribution in [2.45, 2.75) is 55.0 Å². The number of H-pyrrole nitrogens is 1. The lowest BCUT2D eigenvalue weighted by atomic mass is 9.91. The fourth-order valence-corrected chi connectivity index (χ4v) is 7.87. The molecule has 0 spiro atoms. The molecular weight excluding hydrogens is 596 g/mol. The summed E-state index contributed by atoms with van der Waals surface area (Å²) in [5, 5.41) is 14.7. The molecule has 0 aliphatic heterocycles. The van der Waals surface area contributed by atoms with Crippen molar-refractivity contribution in [3.8, 4) is 22.9 Å². The Hall–Kier alpha value is -4.62. The summed E-state index contributed by atoms with van der Waals surface area (Å²) >= 11 is 0. The number of nitrogens with zero attached hydrogens (tertiary/aromatic N) is 3. The number of pyridine rings is 2. The Balaban J connectivity index is 1.44. The number of sulfone groups is 1. The number of aryl methyl sites for hydroxylation is 2. The van der Waals surface area contributed by atoms with E-state index in [1.165, 1.54) is 7.11 Å². The van der Waals surface area contributed by atoms with Crippen molar-refractivity contribution < 1.29 is 27.8 Å². The molecule has 4 aromatic heterocycles. The molecule has 1 saturated carbocycles. The van der Waals surface area contributed by atoms with Crippen molar-refractivity contribution in [3.63, 3.8) is 0 Å². The predicted molar refractivity (Wildman–Crippen MR) is 170 cm³/mol. The molecule has 1 aliphatic rings. The van der Waals surface area contributed by atoms with Gasteiger partial charge in [-0.25, -0.2) is 23.2 Å². The maximum atomic E-state index is 14.3. The molecule has 1 atom stereocenters. The molecule has 12 nitrogen and oxygen atoms in total. The number of aromatic amines is 1. The Morgan fingerprint density at radius 1 is 1.07 bits per heavy atom. The molecule has 4 heterocycles. The number of benzene rings is 1. The van der Waals surface area contributed by atoms with Crippen LogP contribution >= 0.6 is 0 Å². The summed E-state index contributed by atoms with van der Waals surface area (Å²) in [6, 6.07) is 12.1. The molecule has 1 aromatic carbocycles. The molecule has 0 radical (unpaired) electrons. The first-order chi connectivity index (χ1) is 21.6. The van der Waals surface area contributed by atoms with Crippen LogP contribution in [-0.2, 0) is 16.9 Å². The molecule has 1 fully saturated rings. The minimum absolute atomic E-state index is 0.131. The summed E-state index contributed by atoms with van der Waals surface area (Å²) in [5.41, 5.74) is 5.12. The van der Waals surface area contributed by atoms with E-state index in [1.807, 2.05) is 36.9 Å². The van der Waals surface area contributed by atoms with Gasteiger partial charge >= 0.3 is 6.09 Å². The van der Waals surface area contributed by atoms with Gasteiger partial charge in [0.2, 0.25) is 0 Å². The van der Waals surface area contributed by atoms with Gasteiger partial charge in [0.05, 0.1) is 30.3 Å². The lowest BCUT2D eigenvalue weighted by molar-refractivity contribution is 0.183. The second kappa shape index (κ2) is 12.1. The summed E-state index contributed by atoms with van der Waals surface area (Å²) in [4.78, 5) is 24.0. The third-order valence-electron chi connectivity index (χ3n) is 8.55. The number of carboxylic acid groups (broad SMARTS) is 1. The standard InChI is InChI=1S/C32H36N6O6S/c1-18-5-11-21(12-6-18)45(41,42)31(34-19-7-9-20(10-8-19)35-32(39)40)22-13-14-33-29-23(22)15-25(36-29)24-17-38(2)26-16-27(43-3)30(44-4)37-28(24)26/h5-6,11-17,19-20,31,34-35H,7-10H2,1-4H3,(H,33,36)(H,39,40). The maximum Gasteiger partial charge on any atom is 0.404 e. The van der Waals surface area contributed by atoms with E-state index < -0.39 is 21.3 Å². The molecular formula is C32H36N6O6S. The summed E-state index contributed by atoms with van der Waals surface area (Å²) in [7, 11) is 1.11. The molecule has 0 saturated heterocycles. The van der Waals surface area contributed by atoms with E-state index in [0.29, 0.717) is 59.4 Å². The third kappa shape index (κ3) is 5.80. The van der Waals surface area contributed by atoms with Crippen LogP contribution in [0.25, 0.3) is 33.3 Å². The lowest BCUT2D eigenvalue weighted by Crippen LogP contribution is -2.44. The van der Waals surface area contributed by atoms with E-state index in [9.17, 15) is 13.2 Å².